The second kappa shape index (κ2) is 8.67. The van der Waals surface area contributed by atoms with E-state index in [0.717, 1.165) is 22.4 Å². The van der Waals surface area contributed by atoms with Crippen molar-refractivity contribution in [3.63, 3.8) is 0 Å². The Labute approximate surface area is 188 Å². The van der Waals surface area contributed by atoms with Gasteiger partial charge in [0, 0.05) is 17.7 Å². The maximum atomic E-state index is 13.4. The first-order valence-corrected chi connectivity index (χ1v) is 11.9. The van der Waals surface area contributed by atoms with Crippen LogP contribution in [0.4, 0.5) is 5.69 Å². The topological polar surface area (TPSA) is 75.7 Å². The molecule has 0 atom stereocenters. The number of benzene rings is 3. The summed E-state index contributed by atoms with van der Waals surface area (Å²) in [5.74, 6) is 0.658. The molecule has 1 aliphatic heterocycles. The Hall–Kier alpha value is -3.32. The van der Waals surface area contributed by atoms with E-state index in [0.29, 0.717) is 23.7 Å². The molecule has 0 unspecified atom stereocenters. The van der Waals surface area contributed by atoms with Gasteiger partial charge in [0.15, 0.2) is 0 Å². The second-order valence-electron chi connectivity index (χ2n) is 8.06. The molecule has 32 heavy (non-hydrogen) atoms. The summed E-state index contributed by atoms with van der Waals surface area (Å²) < 4.78 is 33.1. The molecule has 6 nitrogen and oxygen atoms in total. The summed E-state index contributed by atoms with van der Waals surface area (Å²) in [5, 5.41) is 2.82. The van der Waals surface area contributed by atoms with E-state index in [2.05, 4.69) is 19.2 Å². The predicted molar refractivity (Wildman–Crippen MR) is 125 cm³/mol. The Morgan fingerprint density at radius 2 is 1.72 bits per heavy atom. The number of ether oxygens (including phenoxy) is 1. The summed E-state index contributed by atoms with van der Waals surface area (Å²) in [6, 6.07) is 20.0. The van der Waals surface area contributed by atoms with Crippen LogP contribution in [0.25, 0.3) is 11.1 Å². The largest absolute Gasteiger partial charge is 0.497 e. The predicted octanol–water partition coefficient (Wildman–Crippen LogP) is 4.31. The maximum Gasteiger partial charge on any atom is 0.265 e. The van der Waals surface area contributed by atoms with Crippen LogP contribution in [0, 0.1) is 0 Å². The van der Waals surface area contributed by atoms with E-state index in [1.807, 2.05) is 48.5 Å². The van der Waals surface area contributed by atoms with Gasteiger partial charge in [0.1, 0.15) is 12.3 Å². The van der Waals surface area contributed by atoms with Gasteiger partial charge in [0.25, 0.3) is 10.0 Å². The SMILES string of the molecule is COc1ccc(CNC(=O)CN2c3ccc(C(C)C)cc3-c3ccccc3S2(=O)=O)cc1. The van der Waals surface area contributed by atoms with Gasteiger partial charge in [-0.25, -0.2) is 8.42 Å². The molecule has 1 heterocycles. The van der Waals surface area contributed by atoms with Gasteiger partial charge in [-0.3, -0.25) is 9.10 Å². The highest BCUT2D eigenvalue weighted by Crippen LogP contribution is 2.43. The summed E-state index contributed by atoms with van der Waals surface area (Å²) in [7, 11) is -2.27. The van der Waals surface area contributed by atoms with Gasteiger partial charge in [0.05, 0.1) is 17.7 Å². The minimum Gasteiger partial charge on any atom is -0.497 e. The summed E-state index contributed by atoms with van der Waals surface area (Å²) >= 11 is 0. The number of hydrogen-bond acceptors (Lipinski definition) is 4. The maximum absolute atomic E-state index is 13.4. The molecule has 3 aromatic carbocycles. The Balaban J connectivity index is 1.62. The van der Waals surface area contributed by atoms with E-state index in [9.17, 15) is 13.2 Å². The van der Waals surface area contributed by atoms with Gasteiger partial charge < -0.3 is 10.1 Å². The lowest BCUT2D eigenvalue weighted by Gasteiger charge is -2.32. The van der Waals surface area contributed by atoms with Crippen molar-refractivity contribution >= 4 is 21.6 Å². The van der Waals surface area contributed by atoms with Crippen LogP contribution < -0.4 is 14.4 Å². The van der Waals surface area contributed by atoms with Crippen LogP contribution in [-0.4, -0.2) is 28.0 Å². The molecule has 1 N–H and O–H groups in total. The Kier molecular flexibility index (Phi) is 5.93. The van der Waals surface area contributed by atoms with Crippen LogP contribution in [0.2, 0.25) is 0 Å². The lowest BCUT2D eigenvalue weighted by Crippen LogP contribution is -2.42. The minimum atomic E-state index is -3.86. The first kappa shape index (κ1) is 21.9. The highest BCUT2D eigenvalue weighted by atomic mass is 32.2. The molecular formula is C25H26N2O4S. The van der Waals surface area contributed by atoms with Crippen LogP contribution in [-0.2, 0) is 21.4 Å². The monoisotopic (exact) mass is 450 g/mol. The average molecular weight is 451 g/mol. The molecule has 166 valence electrons. The van der Waals surface area contributed by atoms with Crippen molar-refractivity contribution in [2.24, 2.45) is 0 Å². The average Bonchev–Trinajstić information content (AvgIpc) is 2.80. The lowest BCUT2D eigenvalue weighted by molar-refractivity contribution is -0.119. The zero-order valence-corrected chi connectivity index (χ0v) is 19.1. The molecule has 4 rings (SSSR count). The highest BCUT2D eigenvalue weighted by Gasteiger charge is 2.36. The number of anilines is 1. The highest BCUT2D eigenvalue weighted by molar-refractivity contribution is 7.93. The number of nitrogens with zero attached hydrogens (tertiary/aromatic N) is 1. The van der Waals surface area contributed by atoms with Crippen molar-refractivity contribution < 1.29 is 17.9 Å². The van der Waals surface area contributed by atoms with Gasteiger partial charge in [-0.2, -0.15) is 0 Å². The number of nitrogens with one attached hydrogen (secondary N) is 1. The number of fused-ring (bicyclic) bond motifs is 3. The van der Waals surface area contributed by atoms with Crippen LogP contribution in [0.3, 0.4) is 0 Å². The quantitative estimate of drug-likeness (QED) is 0.607. The molecule has 0 aliphatic carbocycles. The molecule has 0 radical (unpaired) electrons. The summed E-state index contributed by atoms with van der Waals surface area (Å²) in [4.78, 5) is 13.0. The van der Waals surface area contributed by atoms with Gasteiger partial charge in [-0.1, -0.05) is 50.2 Å². The van der Waals surface area contributed by atoms with Crippen molar-refractivity contribution in [1.82, 2.24) is 5.32 Å². The van der Waals surface area contributed by atoms with Gasteiger partial charge in [0.2, 0.25) is 5.91 Å². The molecule has 0 bridgehead atoms. The van der Waals surface area contributed by atoms with Crippen LogP contribution in [0.1, 0.15) is 30.9 Å². The van der Waals surface area contributed by atoms with Crippen molar-refractivity contribution in [2.75, 3.05) is 18.0 Å². The van der Waals surface area contributed by atoms with E-state index in [4.69, 9.17) is 4.74 Å². The molecule has 0 spiro atoms. The number of methoxy groups -OCH3 is 1. The Morgan fingerprint density at radius 3 is 2.41 bits per heavy atom. The van der Waals surface area contributed by atoms with E-state index in [1.54, 1.807) is 25.3 Å². The van der Waals surface area contributed by atoms with Gasteiger partial charge in [-0.05, 0) is 47.4 Å². The van der Waals surface area contributed by atoms with E-state index >= 15 is 0 Å². The number of carbonyl (C=O) groups is 1. The zero-order chi connectivity index (χ0) is 22.9. The molecule has 1 amide bonds. The smallest absolute Gasteiger partial charge is 0.265 e. The van der Waals surface area contributed by atoms with E-state index in [-0.39, 0.29) is 17.3 Å². The van der Waals surface area contributed by atoms with E-state index < -0.39 is 10.0 Å². The Morgan fingerprint density at radius 1 is 1.00 bits per heavy atom. The number of amides is 1. The normalized spacial score (nSPS) is 13.9. The standard InChI is InChI=1S/C25H26N2O4S/c1-17(2)19-10-13-23-22(14-19)21-6-4-5-7-24(21)32(29,30)27(23)16-25(28)26-15-18-8-11-20(31-3)12-9-18/h4-14,17H,15-16H2,1-3H3,(H,26,28). The first-order valence-electron chi connectivity index (χ1n) is 10.5. The second-order valence-corrected chi connectivity index (χ2v) is 9.89. The summed E-state index contributed by atoms with van der Waals surface area (Å²) in [6.07, 6.45) is 0. The van der Waals surface area contributed by atoms with Gasteiger partial charge in [-0.15, -0.1) is 0 Å². The first-order chi connectivity index (χ1) is 15.3. The third-order valence-electron chi connectivity index (χ3n) is 5.64. The number of rotatable bonds is 6. The van der Waals surface area contributed by atoms with Crippen molar-refractivity contribution in [2.45, 2.75) is 31.2 Å². The fourth-order valence-electron chi connectivity index (χ4n) is 3.81. The van der Waals surface area contributed by atoms with Gasteiger partial charge >= 0.3 is 0 Å². The zero-order valence-electron chi connectivity index (χ0n) is 18.3. The summed E-state index contributed by atoms with van der Waals surface area (Å²) in [6.45, 7) is 4.20. The molecular weight excluding hydrogens is 424 g/mol. The fourth-order valence-corrected chi connectivity index (χ4v) is 5.46. The Bertz CT molecular complexity index is 1250. The third-order valence-corrected chi connectivity index (χ3v) is 7.46. The molecule has 7 heteroatoms. The molecule has 0 saturated heterocycles. The molecule has 0 fully saturated rings. The molecule has 1 aliphatic rings. The summed E-state index contributed by atoms with van der Waals surface area (Å²) in [5.41, 5.74) is 4.02. The van der Waals surface area contributed by atoms with Crippen molar-refractivity contribution in [1.29, 1.82) is 0 Å². The third kappa shape index (κ3) is 4.08. The van der Waals surface area contributed by atoms with E-state index in [1.165, 1.54) is 4.31 Å². The van der Waals surface area contributed by atoms with Crippen LogP contribution in [0.5, 0.6) is 5.75 Å². The fraction of sp³-hybridized carbons (Fsp3) is 0.240. The number of hydrogen-bond donors (Lipinski definition) is 1. The van der Waals surface area contributed by atoms with Crippen molar-refractivity contribution in [3.05, 3.63) is 77.9 Å². The number of sulfonamides is 1. The molecule has 0 saturated carbocycles. The van der Waals surface area contributed by atoms with Crippen LogP contribution >= 0.6 is 0 Å². The molecule has 0 aromatic heterocycles. The lowest BCUT2D eigenvalue weighted by atomic mass is 9.95. The number of carbonyl (C=O) groups excluding carboxylic acids is 1. The van der Waals surface area contributed by atoms with Crippen molar-refractivity contribution in [3.8, 4) is 16.9 Å². The van der Waals surface area contributed by atoms with Crippen LogP contribution in [0.15, 0.2) is 71.6 Å². The molecule has 3 aromatic rings. The minimum absolute atomic E-state index is 0.219.